The minimum atomic E-state index is -0.724. The number of hydrogen-bond acceptors (Lipinski definition) is 6. The Labute approximate surface area is 187 Å². The van der Waals surface area contributed by atoms with Gasteiger partial charge < -0.3 is 15.8 Å². The molecule has 0 aromatic carbocycles. The lowest BCUT2D eigenvalue weighted by molar-refractivity contribution is 0.0447. The van der Waals surface area contributed by atoms with Crippen LogP contribution in [0.3, 0.4) is 0 Å². The summed E-state index contributed by atoms with van der Waals surface area (Å²) in [5, 5.41) is 3.41. The fourth-order valence-corrected chi connectivity index (χ4v) is 4.42. The van der Waals surface area contributed by atoms with Gasteiger partial charge >= 0.3 is 6.09 Å². The van der Waals surface area contributed by atoms with E-state index in [-0.39, 0.29) is 11.9 Å². The molecule has 170 valence electrons. The SMILES string of the molecule is NC(=O)O[C@H]1CCCN(Cc2ccncc2NCc2ccc(F)c(C3=CCCCC3)n2)C1. The molecule has 1 fully saturated rings. The average Bonchev–Trinajstić information content (AvgIpc) is 2.80. The van der Waals surface area contributed by atoms with Crippen molar-refractivity contribution in [1.82, 2.24) is 14.9 Å². The van der Waals surface area contributed by atoms with Crippen LogP contribution in [0.2, 0.25) is 0 Å². The minimum absolute atomic E-state index is 0.171. The summed E-state index contributed by atoms with van der Waals surface area (Å²) in [6, 6.07) is 5.21. The zero-order valence-corrected chi connectivity index (χ0v) is 18.2. The van der Waals surface area contributed by atoms with E-state index in [0.29, 0.717) is 25.3 Å². The summed E-state index contributed by atoms with van der Waals surface area (Å²) in [5.74, 6) is -0.262. The van der Waals surface area contributed by atoms with Gasteiger partial charge in [-0.15, -0.1) is 0 Å². The Morgan fingerprint density at radius 1 is 1.28 bits per heavy atom. The Kier molecular flexibility index (Phi) is 7.32. The van der Waals surface area contributed by atoms with Crippen molar-refractivity contribution >= 4 is 17.4 Å². The maximum Gasteiger partial charge on any atom is 0.404 e. The van der Waals surface area contributed by atoms with Crippen LogP contribution >= 0.6 is 0 Å². The van der Waals surface area contributed by atoms with E-state index in [1.165, 1.54) is 6.07 Å². The first kappa shape index (κ1) is 22.2. The summed E-state index contributed by atoms with van der Waals surface area (Å²) >= 11 is 0. The van der Waals surface area contributed by atoms with Crippen molar-refractivity contribution in [3.05, 3.63) is 59.4 Å². The van der Waals surface area contributed by atoms with Crippen LogP contribution in [-0.4, -0.2) is 40.2 Å². The molecule has 2 aromatic rings. The van der Waals surface area contributed by atoms with Gasteiger partial charge in [-0.1, -0.05) is 6.08 Å². The van der Waals surface area contributed by atoms with Crippen molar-refractivity contribution < 1.29 is 13.9 Å². The van der Waals surface area contributed by atoms with Crippen molar-refractivity contribution in [2.24, 2.45) is 5.73 Å². The summed E-state index contributed by atoms with van der Waals surface area (Å²) in [6.07, 6.45) is 10.7. The first-order valence-electron chi connectivity index (χ1n) is 11.3. The number of piperidine rings is 1. The molecule has 1 saturated heterocycles. The van der Waals surface area contributed by atoms with Gasteiger partial charge in [0.05, 0.1) is 24.1 Å². The van der Waals surface area contributed by atoms with Crippen LogP contribution in [0.25, 0.3) is 5.57 Å². The number of carbonyl (C=O) groups is 1. The number of nitrogens with one attached hydrogen (secondary N) is 1. The summed E-state index contributed by atoms with van der Waals surface area (Å²) in [7, 11) is 0. The number of likely N-dealkylation sites (tertiary alicyclic amines) is 1. The molecule has 3 heterocycles. The number of hydrogen-bond donors (Lipinski definition) is 2. The maximum atomic E-state index is 14.4. The fourth-order valence-electron chi connectivity index (χ4n) is 4.42. The zero-order chi connectivity index (χ0) is 22.3. The molecular formula is C24H30FN5O2. The highest BCUT2D eigenvalue weighted by molar-refractivity contribution is 5.65. The molecule has 0 unspecified atom stereocenters. The third-order valence-corrected chi connectivity index (χ3v) is 6.01. The summed E-state index contributed by atoms with van der Waals surface area (Å²) in [5.41, 5.74) is 9.46. The van der Waals surface area contributed by atoms with Crippen molar-refractivity contribution in [3.8, 4) is 0 Å². The van der Waals surface area contributed by atoms with E-state index in [2.05, 4.69) is 26.3 Å². The molecule has 1 aliphatic heterocycles. The van der Waals surface area contributed by atoms with E-state index in [1.54, 1.807) is 18.5 Å². The van der Waals surface area contributed by atoms with Crippen LogP contribution in [0.1, 0.15) is 55.5 Å². The van der Waals surface area contributed by atoms with Gasteiger partial charge in [-0.25, -0.2) is 14.2 Å². The van der Waals surface area contributed by atoms with E-state index in [4.69, 9.17) is 10.5 Å². The van der Waals surface area contributed by atoms with Crippen molar-refractivity contribution in [1.29, 1.82) is 0 Å². The lowest BCUT2D eigenvalue weighted by Crippen LogP contribution is -2.41. The normalized spacial score (nSPS) is 19.3. The number of amides is 1. The molecule has 0 spiro atoms. The molecule has 8 heteroatoms. The Morgan fingerprint density at radius 2 is 2.19 bits per heavy atom. The molecule has 7 nitrogen and oxygen atoms in total. The number of aromatic nitrogens is 2. The van der Waals surface area contributed by atoms with E-state index < -0.39 is 6.09 Å². The molecule has 3 N–H and O–H groups in total. The smallest absolute Gasteiger partial charge is 0.404 e. The topological polar surface area (TPSA) is 93.4 Å². The number of primary amides is 1. The van der Waals surface area contributed by atoms with Gasteiger partial charge in [0.15, 0.2) is 0 Å². The predicted molar refractivity (Wildman–Crippen MR) is 121 cm³/mol. The third kappa shape index (κ3) is 5.82. The second-order valence-corrected chi connectivity index (χ2v) is 8.43. The number of allylic oxidation sites excluding steroid dienone is 2. The molecule has 1 amide bonds. The van der Waals surface area contributed by atoms with Crippen LogP contribution in [0, 0.1) is 5.82 Å². The standard InChI is InChI=1S/C24H30FN5O2/c25-21-9-8-19(29-23(21)17-5-2-1-3-6-17)13-28-22-14-27-11-10-18(22)15-30-12-4-7-20(16-30)32-24(26)31/h5,8-11,14,20,28H,1-4,6-7,12-13,15-16H2,(H2,26,31)/t20-/m0/s1. The van der Waals surface area contributed by atoms with Crippen molar-refractivity contribution in [2.45, 2.75) is 57.7 Å². The molecule has 0 bridgehead atoms. The van der Waals surface area contributed by atoms with E-state index in [1.807, 2.05) is 6.07 Å². The minimum Gasteiger partial charge on any atom is -0.445 e. The third-order valence-electron chi connectivity index (χ3n) is 6.01. The maximum absolute atomic E-state index is 14.4. The van der Waals surface area contributed by atoms with Gasteiger partial charge in [-0.2, -0.15) is 0 Å². The zero-order valence-electron chi connectivity index (χ0n) is 18.2. The van der Waals surface area contributed by atoms with Gasteiger partial charge in [0, 0.05) is 19.3 Å². The molecule has 32 heavy (non-hydrogen) atoms. The van der Waals surface area contributed by atoms with Gasteiger partial charge in [-0.3, -0.25) is 9.88 Å². The molecule has 1 aliphatic carbocycles. The molecule has 2 aromatic heterocycles. The fraction of sp³-hybridized carbons (Fsp3) is 0.458. The number of pyridine rings is 2. The molecule has 4 rings (SSSR count). The Hall–Kier alpha value is -3.00. The largest absolute Gasteiger partial charge is 0.445 e. The Balaban J connectivity index is 1.42. The van der Waals surface area contributed by atoms with Crippen LogP contribution in [0.15, 0.2) is 36.7 Å². The van der Waals surface area contributed by atoms with Crippen molar-refractivity contribution in [2.75, 3.05) is 18.4 Å². The number of ether oxygens (including phenoxy) is 1. The molecule has 2 aliphatic rings. The van der Waals surface area contributed by atoms with Gasteiger partial charge in [0.25, 0.3) is 0 Å². The average molecular weight is 440 g/mol. The second-order valence-electron chi connectivity index (χ2n) is 8.43. The van der Waals surface area contributed by atoms with Crippen LogP contribution < -0.4 is 11.1 Å². The Bertz CT molecular complexity index is 981. The number of carbonyl (C=O) groups excluding carboxylic acids is 1. The number of halogens is 1. The summed E-state index contributed by atoms with van der Waals surface area (Å²) in [6.45, 7) is 2.77. The lowest BCUT2D eigenvalue weighted by Gasteiger charge is -2.32. The summed E-state index contributed by atoms with van der Waals surface area (Å²) in [4.78, 5) is 22.2. The second kappa shape index (κ2) is 10.5. The van der Waals surface area contributed by atoms with E-state index in [0.717, 1.165) is 67.6 Å². The number of anilines is 1. The van der Waals surface area contributed by atoms with Gasteiger partial charge in [0.2, 0.25) is 0 Å². The highest BCUT2D eigenvalue weighted by Gasteiger charge is 2.23. The first-order chi connectivity index (χ1) is 15.6. The van der Waals surface area contributed by atoms with Crippen LogP contribution in [0.5, 0.6) is 0 Å². The predicted octanol–water partition coefficient (Wildman–Crippen LogP) is 4.24. The van der Waals surface area contributed by atoms with Crippen LogP contribution in [-0.2, 0) is 17.8 Å². The number of rotatable bonds is 7. The lowest BCUT2D eigenvalue weighted by atomic mass is 9.96. The molecule has 1 atom stereocenters. The highest BCUT2D eigenvalue weighted by atomic mass is 19.1. The Morgan fingerprint density at radius 3 is 3.00 bits per heavy atom. The van der Waals surface area contributed by atoms with Crippen molar-refractivity contribution in [3.63, 3.8) is 0 Å². The highest BCUT2D eigenvalue weighted by Crippen LogP contribution is 2.27. The monoisotopic (exact) mass is 439 g/mol. The number of nitrogens with zero attached hydrogens (tertiary/aromatic N) is 3. The van der Waals surface area contributed by atoms with Gasteiger partial charge in [0.1, 0.15) is 17.6 Å². The molecular weight excluding hydrogens is 409 g/mol. The van der Waals surface area contributed by atoms with Crippen LogP contribution in [0.4, 0.5) is 14.9 Å². The first-order valence-corrected chi connectivity index (χ1v) is 11.3. The van der Waals surface area contributed by atoms with E-state index >= 15 is 0 Å². The quantitative estimate of drug-likeness (QED) is 0.670. The van der Waals surface area contributed by atoms with E-state index in [9.17, 15) is 9.18 Å². The summed E-state index contributed by atoms with van der Waals surface area (Å²) < 4.78 is 19.6. The molecule has 0 radical (unpaired) electrons. The number of nitrogens with two attached hydrogens (primary N) is 1. The molecule has 0 saturated carbocycles. The van der Waals surface area contributed by atoms with Gasteiger partial charge in [-0.05, 0) is 74.4 Å².